The third kappa shape index (κ3) is 2.01. The van der Waals surface area contributed by atoms with Crippen molar-refractivity contribution in [2.75, 3.05) is 7.05 Å². The number of aromatic nitrogens is 1. The largest absolute Gasteiger partial charge is 0.308 e. The molecule has 100 valence electrons. The van der Waals surface area contributed by atoms with Crippen LogP contribution in [0.4, 0.5) is 0 Å². The quantitative estimate of drug-likeness (QED) is 0.882. The molecule has 0 amide bonds. The molecule has 1 aromatic heterocycles. The van der Waals surface area contributed by atoms with Crippen LogP contribution in [-0.2, 0) is 18.4 Å². The number of rotatable bonds is 2. The summed E-state index contributed by atoms with van der Waals surface area (Å²) in [5, 5.41) is 4.99. The number of nitrogens with zero attached hydrogens (tertiary/aromatic N) is 1. The van der Waals surface area contributed by atoms with E-state index in [1.807, 2.05) is 11.3 Å². The standard InChI is InChI=1S/C15H24N2S/c1-14(2)8-5-9-15(10-14,16-3)13-17-11-6-4-7-12(11)18-13/h16H,4-10H2,1-3H3. The van der Waals surface area contributed by atoms with Gasteiger partial charge in [-0.05, 0) is 51.0 Å². The third-order valence-electron chi connectivity index (χ3n) is 4.72. The van der Waals surface area contributed by atoms with Crippen LogP contribution in [0.15, 0.2) is 0 Å². The van der Waals surface area contributed by atoms with Gasteiger partial charge in [-0.25, -0.2) is 4.98 Å². The summed E-state index contributed by atoms with van der Waals surface area (Å²) >= 11 is 1.98. The summed E-state index contributed by atoms with van der Waals surface area (Å²) in [5.74, 6) is 0. The minimum atomic E-state index is 0.150. The molecule has 0 bridgehead atoms. The van der Waals surface area contributed by atoms with Crippen molar-refractivity contribution in [2.24, 2.45) is 5.41 Å². The zero-order valence-corrected chi connectivity index (χ0v) is 12.6. The monoisotopic (exact) mass is 264 g/mol. The molecule has 1 unspecified atom stereocenters. The van der Waals surface area contributed by atoms with Crippen LogP contribution in [0.5, 0.6) is 0 Å². The summed E-state index contributed by atoms with van der Waals surface area (Å²) < 4.78 is 0. The molecule has 1 aromatic rings. The molecule has 1 heterocycles. The number of thiazole rings is 1. The van der Waals surface area contributed by atoms with E-state index in [0.29, 0.717) is 5.41 Å². The predicted molar refractivity (Wildman–Crippen MR) is 77.1 cm³/mol. The smallest absolute Gasteiger partial charge is 0.113 e. The molecule has 0 saturated heterocycles. The van der Waals surface area contributed by atoms with Gasteiger partial charge in [0.1, 0.15) is 5.01 Å². The number of hydrogen-bond acceptors (Lipinski definition) is 3. The molecular weight excluding hydrogens is 240 g/mol. The summed E-state index contributed by atoms with van der Waals surface area (Å²) in [4.78, 5) is 6.54. The van der Waals surface area contributed by atoms with Crippen molar-refractivity contribution in [3.8, 4) is 0 Å². The second-order valence-electron chi connectivity index (χ2n) is 6.77. The first-order chi connectivity index (χ1) is 8.55. The van der Waals surface area contributed by atoms with Crippen molar-refractivity contribution in [3.63, 3.8) is 0 Å². The van der Waals surface area contributed by atoms with Crippen LogP contribution in [0.1, 0.15) is 61.5 Å². The van der Waals surface area contributed by atoms with Gasteiger partial charge in [0.15, 0.2) is 0 Å². The number of aryl methyl sites for hydroxylation is 2. The molecule has 3 heteroatoms. The fraction of sp³-hybridized carbons (Fsp3) is 0.800. The molecular formula is C15H24N2S. The maximum Gasteiger partial charge on any atom is 0.113 e. The van der Waals surface area contributed by atoms with Crippen LogP contribution in [-0.4, -0.2) is 12.0 Å². The lowest BCUT2D eigenvalue weighted by Crippen LogP contribution is -2.46. The highest BCUT2D eigenvalue weighted by atomic mass is 32.1. The molecule has 3 rings (SSSR count). The van der Waals surface area contributed by atoms with Crippen molar-refractivity contribution in [2.45, 2.75) is 64.3 Å². The van der Waals surface area contributed by atoms with Crippen molar-refractivity contribution in [3.05, 3.63) is 15.6 Å². The lowest BCUT2D eigenvalue weighted by atomic mass is 9.68. The Kier molecular flexibility index (Phi) is 3.02. The van der Waals surface area contributed by atoms with E-state index >= 15 is 0 Å². The van der Waals surface area contributed by atoms with Crippen LogP contribution in [0.25, 0.3) is 0 Å². The Morgan fingerprint density at radius 3 is 2.67 bits per heavy atom. The van der Waals surface area contributed by atoms with Gasteiger partial charge in [0.05, 0.1) is 11.2 Å². The Morgan fingerprint density at radius 2 is 2.00 bits per heavy atom. The fourth-order valence-corrected chi connectivity index (χ4v) is 5.13. The van der Waals surface area contributed by atoms with Gasteiger partial charge in [0, 0.05) is 4.88 Å². The Labute approximate surface area is 114 Å². The highest BCUT2D eigenvalue weighted by Crippen LogP contribution is 2.47. The Balaban J connectivity index is 1.95. The van der Waals surface area contributed by atoms with E-state index in [1.165, 1.54) is 55.6 Å². The van der Waals surface area contributed by atoms with E-state index in [1.54, 1.807) is 4.88 Å². The molecule has 2 nitrogen and oxygen atoms in total. The maximum absolute atomic E-state index is 4.98. The Bertz CT molecular complexity index is 428. The summed E-state index contributed by atoms with van der Waals surface area (Å²) in [5.41, 5.74) is 1.99. The first kappa shape index (κ1) is 12.6. The summed E-state index contributed by atoms with van der Waals surface area (Å²) in [7, 11) is 2.12. The summed E-state index contributed by atoms with van der Waals surface area (Å²) in [6.07, 6.45) is 8.92. The minimum absolute atomic E-state index is 0.150. The molecule has 1 fully saturated rings. The van der Waals surface area contributed by atoms with Crippen LogP contribution >= 0.6 is 11.3 Å². The molecule has 1 atom stereocenters. The Morgan fingerprint density at radius 1 is 1.17 bits per heavy atom. The predicted octanol–water partition coefficient (Wildman–Crippen LogP) is 3.65. The van der Waals surface area contributed by atoms with Gasteiger partial charge in [-0.3, -0.25) is 0 Å². The van der Waals surface area contributed by atoms with Crippen LogP contribution in [0, 0.1) is 5.41 Å². The molecule has 2 aliphatic carbocycles. The topological polar surface area (TPSA) is 24.9 Å². The molecule has 1 N–H and O–H groups in total. The van der Waals surface area contributed by atoms with Crippen LogP contribution in [0.2, 0.25) is 0 Å². The first-order valence-corrected chi connectivity index (χ1v) is 8.04. The van der Waals surface area contributed by atoms with Gasteiger partial charge in [0.25, 0.3) is 0 Å². The van der Waals surface area contributed by atoms with Crippen LogP contribution < -0.4 is 5.32 Å². The number of hydrogen-bond donors (Lipinski definition) is 1. The summed E-state index contributed by atoms with van der Waals surface area (Å²) in [6.45, 7) is 4.80. The van der Waals surface area contributed by atoms with Crippen LogP contribution in [0.3, 0.4) is 0 Å². The zero-order valence-electron chi connectivity index (χ0n) is 11.8. The lowest BCUT2D eigenvalue weighted by Gasteiger charge is -2.43. The van der Waals surface area contributed by atoms with Gasteiger partial charge in [0.2, 0.25) is 0 Å². The highest BCUT2D eigenvalue weighted by Gasteiger charge is 2.42. The molecule has 0 aliphatic heterocycles. The maximum atomic E-state index is 4.98. The molecule has 18 heavy (non-hydrogen) atoms. The van der Waals surface area contributed by atoms with Gasteiger partial charge < -0.3 is 5.32 Å². The van der Waals surface area contributed by atoms with E-state index in [2.05, 4.69) is 26.2 Å². The molecule has 2 aliphatic rings. The fourth-order valence-electron chi connectivity index (χ4n) is 3.76. The van der Waals surface area contributed by atoms with Gasteiger partial charge in [-0.1, -0.05) is 20.3 Å². The average Bonchev–Trinajstić information content (AvgIpc) is 2.87. The lowest BCUT2D eigenvalue weighted by molar-refractivity contribution is 0.125. The van der Waals surface area contributed by atoms with E-state index in [0.717, 1.165) is 0 Å². The zero-order chi connectivity index (χ0) is 12.8. The number of nitrogens with one attached hydrogen (secondary N) is 1. The third-order valence-corrected chi connectivity index (χ3v) is 6.08. The normalized spacial score (nSPS) is 30.4. The van der Waals surface area contributed by atoms with Gasteiger partial charge in [-0.2, -0.15) is 0 Å². The molecule has 0 spiro atoms. The van der Waals surface area contributed by atoms with E-state index in [-0.39, 0.29) is 5.54 Å². The van der Waals surface area contributed by atoms with E-state index in [4.69, 9.17) is 4.98 Å². The second-order valence-corrected chi connectivity index (χ2v) is 7.85. The SMILES string of the molecule is CNC1(c2nc3c(s2)CCC3)CCCC(C)(C)C1. The molecule has 0 radical (unpaired) electrons. The van der Waals surface area contributed by atoms with E-state index < -0.39 is 0 Å². The van der Waals surface area contributed by atoms with Gasteiger partial charge in [-0.15, -0.1) is 11.3 Å². The van der Waals surface area contributed by atoms with Crippen molar-refractivity contribution < 1.29 is 0 Å². The number of fused-ring (bicyclic) bond motifs is 1. The van der Waals surface area contributed by atoms with Crippen molar-refractivity contribution in [1.29, 1.82) is 0 Å². The van der Waals surface area contributed by atoms with Crippen molar-refractivity contribution in [1.82, 2.24) is 10.3 Å². The Hall–Kier alpha value is -0.410. The first-order valence-electron chi connectivity index (χ1n) is 7.23. The van der Waals surface area contributed by atoms with Gasteiger partial charge >= 0.3 is 0 Å². The highest BCUT2D eigenvalue weighted by molar-refractivity contribution is 7.12. The minimum Gasteiger partial charge on any atom is -0.308 e. The summed E-state index contributed by atoms with van der Waals surface area (Å²) in [6, 6.07) is 0. The molecule has 1 saturated carbocycles. The van der Waals surface area contributed by atoms with E-state index in [9.17, 15) is 0 Å². The second kappa shape index (κ2) is 4.31. The average molecular weight is 264 g/mol. The van der Waals surface area contributed by atoms with Crippen molar-refractivity contribution >= 4 is 11.3 Å². The molecule has 0 aromatic carbocycles.